The molecule has 0 aliphatic carbocycles. The molecule has 1 heterocycles. The van der Waals surface area contributed by atoms with Crippen LogP contribution in [-0.4, -0.2) is 38.9 Å². The summed E-state index contributed by atoms with van der Waals surface area (Å²) in [5.41, 5.74) is -3.59. The fourth-order valence-electron chi connectivity index (χ4n) is 1.17. The normalized spacial score (nSPS) is 11.6. The summed E-state index contributed by atoms with van der Waals surface area (Å²) < 4.78 is 37.2. The Hall–Kier alpha value is -1.18. The number of rotatable bonds is 4. The number of amides is 1. The molecule has 0 unspecified atom stereocenters. The minimum Gasteiger partial charge on any atom is -0.341 e. The Bertz CT molecular complexity index is 391. The molecule has 0 aliphatic rings. The van der Waals surface area contributed by atoms with Crippen molar-refractivity contribution in [2.45, 2.75) is 12.1 Å². The topological polar surface area (TPSA) is 38.1 Å². The first-order valence-corrected chi connectivity index (χ1v) is 5.68. The van der Waals surface area contributed by atoms with Gasteiger partial charge in [-0.05, 0) is 11.8 Å². The zero-order chi connectivity index (χ0) is 13.1. The van der Waals surface area contributed by atoms with Gasteiger partial charge in [-0.15, -0.1) is 0 Å². The summed E-state index contributed by atoms with van der Waals surface area (Å²) in [5, 5.41) is 3.91. The summed E-state index contributed by atoms with van der Waals surface area (Å²) in [4.78, 5) is 12.6. The lowest BCUT2D eigenvalue weighted by Gasteiger charge is -2.16. The van der Waals surface area contributed by atoms with E-state index in [4.69, 9.17) is 0 Å². The van der Waals surface area contributed by atoms with Crippen LogP contribution >= 0.6 is 11.8 Å². The van der Waals surface area contributed by atoms with Gasteiger partial charge in [-0.1, -0.05) is 0 Å². The maximum Gasteiger partial charge on any atom is 0.442 e. The van der Waals surface area contributed by atoms with E-state index in [9.17, 15) is 18.0 Å². The number of nitrogens with zero attached hydrogens (tertiary/aromatic N) is 3. The van der Waals surface area contributed by atoms with Crippen LogP contribution in [0.15, 0.2) is 12.4 Å². The van der Waals surface area contributed by atoms with E-state index in [0.717, 1.165) is 5.56 Å². The predicted octanol–water partition coefficient (Wildman–Crippen LogP) is 1.63. The SMILES string of the molecule is CN(Cc1cnn(C)c1)C(=O)CSC(F)(F)F. The van der Waals surface area contributed by atoms with Crippen LogP contribution in [0.3, 0.4) is 0 Å². The van der Waals surface area contributed by atoms with Gasteiger partial charge < -0.3 is 4.90 Å². The van der Waals surface area contributed by atoms with Crippen molar-refractivity contribution in [3.63, 3.8) is 0 Å². The zero-order valence-electron chi connectivity index (χ0n) is 9.36. The fraction of sp³-hybridized carbons (Fsp3) is 0.556. The number of aromatic nitrogens is 2. The Morgan fingerprint density at radius 2 is 2.24 bits per heavy atom. The predicted molar refractivity (Wildman–Crippen MR) is 58.2 cm³/mol. The Balaban J connectivity index is 2.42. The largest absolute Gasteiger partial charge is 0.442 e. The lowest BCUT2D eigenvalue weighted by atomic mass is 10.3. The highest BCUT2D eigenvalue weighted by atomic mass is 32.2. The van der Waals surface area contributed by atoms with Crippen molar-refractivity contribution in [2.75, 3.05) is 12.8 Å². The molecule has 1 aromatic heterocycles. The standard InChI is InChI=1S/C9H12F3N3OS/c1-14(4-7-3-13-15(2)5-7)8(16)6-17-9(10,11)12/h3,5H,4,6H2,1-2H3. The van der Waals surface area contributed by atoms with Gasteiger partial charge in [0.2, 0.25) is 5.91 Å². The lowest BCUT2D eigenvalue weighted by molar-refractivity contribution is -0.127. The smallest absolute Gasteiger partial charge is 0.341 e. The Morgan fingerprint density at radius 3 is 2.71 bits per heavy atom. The van der Waals surface area contributed by atoms with Crippen LogP contribution in [0, 0.1) is 0 Å². The van der Waals surface area contributed by atoms with Crippen LogP contribution in [0.25, 0.3) is 0 Å². The molecule has 1 amide bonds. The van der Waals surface area contributed by atoms with Gasteiger partial charge in [-0.2, -0.15) is 18.3 Å². The number of hydrogen-bond acceptors (Lipinski definition) is 3. The van der Waals surface area contributed by atoms with Gasteiger partial charge in [-0.3, -0.25) is 9.48 Å². The number of aryl methyl sites for hydroxylation is 1. The summed E-state index contributed by atoms with van der Waals surface area (Å²) in [6.07, 6.45) is 3.28. The van der Waals surface area contributed by atoms with Crippen molar-refractivity contribution >= 4 is 17.7 Å². The van der Waals surface area contributed by atoms with Gasteiger partial charge >= 0.3 is 5.51 Å². The molecule has 0 saturated heterocycles. The highest BCUT2D eigenvalue weighted by Crippen LogP contribution is 2.30. The molecule has 0 fully saturated rings. The highest BCUT2D eigenvalue weighted by molar-refractivity contribution is 8.00. The molecule has 1 aromatic rings. The molecule has 17 heavy (non-hydrogen) atoms. The first kappa shape index (κ1) is 13.9. The molecule has 0 aromatic carbocycles. The van der Waals surface area contributed by atoms with Gasteiger partial charge in [-0.25, -0.2) is 0 Å². The molecule has 8 heteroatoms. The average molecular weight is 267 g/mol. The van der Waals surface area contributed by atoms with Crippen LogP contribution in [0.2, 0.25) is 0 Å². The van der Waals surface area contributed by atoms with E-state index in [2.05, 4.69) is 5.10 Å². The second kappa shape index (κ2) is 5.44. The van der Waals surface area contributed by atoms with Crippen molar-refractivity contribution in [3.8, 4) is 0 Å². The third kappa shape index (κ3) is 5.12. The lowest BCUT2D eigenvalue weighted by Crippen LogP contribution is -2.28. The van der Waals surface area contributed by atoms with Crippen molar-refractivity contribution < 1.29 is 18.0 Å². The molecule has 0 spiro atoms. The first-order chi connectivity index (χ1) is 7.78. The monoisotopic (exact) mass is 267 g/mol. The maximum absolute atomic E-state index is 11.9. The van der Waals surface area contributed by atoms with Crippen molar-refractivity contribution in [1.82, 2.24) is 14.7 Å². The number of hydrogen-bond donors (Lipinski definition) is 0. The number of carbonyl (C=O) groups is 1. The quantitative estimate of drug-likeness (QED) is 0.832. The van der Waals surface area contributed by atoms with Crippen LogP contribution in [0.4, 0.5) is 13.2 Å². The van der Waals surface area contributed by atoms with Crippen LogP contribution < -0.4 is 0 Å². The summed E-state index contributed by atoms with van der Waals surface area (Å²) in [5.74, 6) is -1.16. The van der Waals surface area contributed by atoms with E-state index < -0.39 is 17.2 Å². The average Bonchev–Trinajstić information content (AvgIpc) is 2.59. The number of halogens is 3. The zero-order valence-corrected chi connectivity index (χ0v) is 10.2. The van der Waals surface area contributed by atoms with Gasteiger partial charge in [0.05, 0.1) is 11.9 Å². The Labute approximate surface area is 101 Å². The first-order valence-electron chi connectivity index (χ1n) is 4.70. The highest BCUT2D eigenvalue weighted by Gasteiger charge is 2.29. The second-order valence-corrected chi connectivity index (χ2v) is 4.55. The van der Waals surface area contributed by atoms with Crippen molar-refractivity contribution in [2.24, 2.45) is 7.05 Å². The number of thioether (sulfide) groups is 1. The molecule has 0 bridgehead atoms. The minimum absolute atomic E-state index is 0.255. The van der Waals surface area contributed by atoms with Gasteiger partial charge in [0.1, 0.15) is 0 Å². The van der Waals surface area contributed by atoms with E-state index >= 15 is 0 Å². The summed E-state index contributed by atoms with van der Waals surface area (Å²) in [6, 6.07) is 0. The van der Waals surface area contributed by atoms with Gasteiger partial charge in [0.25, 0.3) is 0 Å². The van der Waals surface area contributed by atoms with Crippen molar-refractivity contribution in [3.05, 3.63) is 18.0 Å². The van der Waals surface area contributed by atoms with E-state index in [-0.39, 0.29) is 18.3 Å². The molecule has 0 saturated carbocycles. The van der Waals surface area contributed by atoms with E-state index in [1.54, 1.807) is 24.1 Å². The molecular weight excluding hydrogens is 255 g/mol. The Morgan fingerprint density at radius 1 is 1.59 bits per heavy atom. The third-order valence-corrected chi connectivity index (χ3v) is 2.68. The van der Waals surface area contributed by atoms with E-state index in [1.807, 2.05) is 0 Å². The van der Waals surface area contributed by atoms with Crippen LogP contribution in [-0.2, 0) is 18.4 Å². The summed E-state index contributed by atoms with van der Waals surface area (Å²) in [7, 11) is 3.19. The molecular formula is C9H12F3N3OS. The van der Waals surface area contributed by atoms with Crippen LogP contribution in [0.1, 0.15) is 5.56 Å². The molecule has 1 rings (SSSR count). The molecule has 0 N–H and O–H groups in total. The van der Waals surface area contributed by atoms with Gasteiger partial charge in [0.15, 0.2) is 0 Å². The molecule has 0 radical (unpaired) electrons. The number of alkyl halides is 3. The van der Waals surface area contributed by atoms with E-state index in [1.165, 1.54) is 11.9 Å². The summed E-state index contributed by atoms with van der Waals surface area (Å²) in [6.45, 7) is 0.255. The third-order valence-electron chi connectivity index (χ3n) is 1.96. The maximum atomic E-state index is 11.9. The minimum atomic E-state index is -4.37. The van der Waals surface area contributed by atoms with E-state index in [0.29, 0.717) is 0 Å². The van der Waals surface area contributed by atoms with Crippen LogP contribution in [0.5, 0.6) is 0 Å². The molecule has 0 aliphatic heterocycles. The van der Waals surface area contributed by atoms with Crippen molar-refractivity contribution in [1.29, 1.82) is 0 Å². The Kier molecular flexibility index (Phi) is 4.44. The molecule has 4 nitrogen and oxygen atoms in total. The molecule has 96 valence electrons. The summed E-state index contributed by atoms with van der Waals surface area (Å²) >= 11 is -0.326. The number of carbonyl (C=O) groups excluding carboxylic acids is 1. The fourth-order valence-corrected chi connectivity index (χ4v) is 1.68. The molecule has 0 atom stereocenters. The second-order valence-electron chi connectivity index (χ2n) is 3.51. The van der Waals surface area contributed by atoms with Gasteiger partial charge in [0, 0.05) is 32.4 Å².